The smallest absolute Gasteiger partial charge is 0.337 e. The molecule has 4 nitrogen and oxygen atoms in total. The Balaban J connectivity index is 2.05. The van der Waals surface area contributed by atoms with Crippen LogP contribution < -0.4 is 4.90 Å². The zero-order valence-corrected chi connectivity index (χ0v) is 15.5. The van der Waals surface area contributed by atoms with Crippen molar-refractivity contribution in [3.63, 3.8) is 0 Å². The quantitative estimate of drug-likeness (QED) is 0.599. The van der Waals surface area contributed by atoms with Gasteiger partial charge in [0.25, 0.3) is 5.78 Å². The molecule has 3 aromatic rings. The van der Waals surface area contributed by atoms with E-state index in [0.29, 0.717) is 17.6 Å². The van der Waals surface area contributed by atoms with Gasteiger partial charge < -0.3 is 9.47 Å². The van der Waals surface area contributed by atoms with Crippen LogP contribution >= 0.6 is 0 Å². The summed E-state index contributed by atoms with van der Waals surface area (Å²) in [6, 6.07) is 13.8. The zero-order chi connectivity index (χ0) is 20.5. The number of aryl methyl sites for hydroxylation is 1. The number of likely N-dealkylation sites (N-methyl/N-ethyl adjacent to an activating group) is 1. The lowest BCUT2D eigenvalue weighted by Gasteiger charge is -2.18. The third-order valence-electron chi connectivity index (χ3n) is 4.69. The molecule has 1 amide bonds. The summed E-state index contributed by atoms with van der Waals surface area (Å²) >= 11 is 0. The highest BCUT2D eigenvalue weighted by Gasteiger charge is 2.41. The van der Waals surface area contributed by atoms with Crippen LogP contribution in [0.1, 0.15) is 22.8 Å². The number of para-hydroxylation sites is 2. The fourth-order valence-electron chi connectivity index (χ4n) is 3.23. The second kappa shape index (κ2) is 7.50. The number of anilines is 1. The monoisotopic (exact) mass is 388 g/mol. The number of nitrogens with zero attached hydrogens (tertiary/aromatic N) is 2. The molecule has 0 radical (unpaired) electrons. The first-order valence-corrected chi connectivity index (χ1v) is 8.78. The molecule has 0 aliphatic heterocycles. The minimum Gasteiger partial charge on any atom is -0.337 e. The van der Waals surface area contributed by atoms with Crippen LogP contribution in [0.25, 0.3) is 10.9 Å². The van der Waals surface area contributed by atoms with Gasteiger partial charge in [0, 0.05) is 24.3 Å². The summed E-state index contributed by atoms with van der Waals surface area (Å²) in [5.74, 6) is -2.21. The standard InChI is InChI=1S/C21H19F3N2O2/c1-3-14-8-7-11-16-17(20(28)21(22,23)24)12-26(19(14)16)13-18(27)25(2)15-9-5-4-6-10-15/h4-12H,3,13H2,1-2H3. The third kappa shape index (κ3) is 3.65. The number of aromatic nitrogens is 1. The third-order valence-corrected chi connectivity index (χ3v) is 4.69. The first kappa shape index (κ1) is 19.7. The topological polar surface area (TPSA) is 42.3 Å². The Morgan fingerprint density at radius 1 is 1.04 bits per heavy atom. The van der Waals surface area contributed by atoms with E-state index in [2.05, 4.69) is 0 Å². The molecule has 0 unspecified atom stereocenters. The summed E-state index contributed by atoms with van der Waals surface area (Å²) in [6.45, 7) is 1.69. The largest absolute Gasteiger partial charge is 0.454 e. The van der Waals surface area contributed by atoms with Crippen LogP contribution in [0.2, 0.25) is 0 Å². The predicted molar refractivity (Wildman–Crippen MR) is 102 cm³/mol. The molecule has 2 aromatic carbocycles. The average molecular weight is 388 g/mol. The number of alkyl halides is 3. The lowest BCUT2D eigenvalue weighted by Crippen LogP contribution is -2.29. The summed E-state index contributed by atoms with van der Waals surface area (Å²) in [5.41, 5.74) is 1.49. The molecular formula is C21H19F3N2O2. The fourth-order valence-corrected chi connectivity index (χ4v) is 3.23. The normalized spacial score (nSPS) is 11.6. The number of carbonyl (C=O) groups excluding carboxylic acids is 2. The number of halogens is 3. The van der Waals surface area contributed by atoms with Crippen molar-refractivity contribution >= 4 is 28.3 Å². The van der Waals surface area contributed by atoms with Gasteiger partial charge in [0.05, 0.1) is 11.1 Å². The van der Waals surface area contributed by atoms with Gasteiger partial charge in [-0.3, -0.25) is 9.59 Å². The summed E-state index contributed by atoms with van der Waals surface area (Å²) in [7, 11) is 1.60. The molecule has 146 valence electrons. The Hall–Kier alpha value is -3.09. The Labute approximate surface area is 160 Å². The van der Waals surface area contributed by atoms with Gasteiger partial charge in [-0.1, -0.05) is 43.3 Å². The number of rotatable bonds is 5. The van der Waals surface area contributed by atoms with E-state index in [9.17, 15) is 22.8 Å². The number of benzene rings is 2. The molecule has 0 atom stereocenters. The number of Topliss-reactive ketones (excluding diaryl/α,β-unsaturated/α-hetero) is 1. The molecule has 1 aromatic heterocycles. The highest BCUT2D eigenvalue weighted by Crippen LogP contribution is 2.31. The molecule has 3 rings (SSSR count). The number of carbonyl (C=O) groups is 2. The molecule has 0 saturated heterocycles. The number of hydrogen-bond donors (Lipinski definition) is 0. The van der Waals surface area contributed by atoms with Crippen LogP contribution in [0.3, 0.4) is 0 Å². The molecule has 0 aliphatic carbocycles. The van der Waals surface area contributed by atoms with E-state index < -0.39 is 17.5 Å². The van der Waals surface area contributed by atoms with Crippen molar-refractivity contribution in [3.8, 4) is 0 Å². The molecule has 1 heterocycles. The van der Waals surface area contributed by atoms with E-state index >= 15 is 0 Å². The van der Waals surface area contributed by atoms with Crippen LogP contribution in [0, 0.1) is 0 Å². The van der Waals surface area contributed by atoms with Crippen molar-refractivity contribution in [1.82, 2.24) is 4.57 Å². The van der Waals surface area contributed by atoms with Crippen LogP contribution in [0.4, 0.5) is 18.9 Å². The Kier molecular flexibility index (Phi) is 5.27. The highest BCUT2D eigenvalue weighted by molar-refractivity contribution is 6.11. The summed E-state index contributed by atoms with van der Waals surface area (Å²) in [4.78, 5) is 26.1. The maximum atomic E-state index is 13.0. The average Bonchev–Trinajstić information content (AvgIpc) is 3.05. The van der Waals surface area contributed by atoms with E-state index in [0.717, 1.165) is 11.8 Å². The second-order valence-corrected chi connectivity index (χ2v) is 6.45. The molecule has 0 saturated carbocycles. The van der Waals surface area contributed by atoms with Gasteiger partial charge in [-0.05, 0) is 24.1 Å². The fraction of sp³-hybridized carbons (Fsp3) is 0.238. The van der Waals surface area contributed by atoms with Crippen molar-refractivity contribution in [2.45, 2.75) is 26.1 Å². The van der Waals surface area contributed by atoms with Crippen molar-refractivity contribution < 1.29 is 22.8 Å². The molecule has 0 aliphatic rings. The van der Waals surface area contributed by atoms with Crippen LogP contribution in [-0.2, 0) is 17.8 Å². The van der Waals surface area contributed by atoms with E-state index in [-0.39, 0.29) is 17.8 Å². The number of fused-ring (bicyclic) bond motifs is 1. The van der Waals surface area contributed by atoms with Crippen molar-refractivity contribution in [3.05, 3.63) is 65.9 Å². The van der Waals surface area contributed by atoms with Gasteiger partial charge in [-0.15, -0.1) is 0 Å². The molecular weight excluding hydrogens is 369 g/mol. The molecule has 0 fully saturated rings. The van der Waals surface area contributed by atoms with Crippen LogP contribution in [0.15, 0.2) is 54.7 Å². The minimum atomic E-state index is -4.98. The van der Waals surface area contributed by atoms with Gasteiger partial charge in [0.15, 0.2) is 0 Å². The maximum absolute atomic E-state index is 13.0. The van der Waals surface area contributed by atoms with Crippen LogP contribution in [0.5, 0.6) is 0 Å². The van der Waals surface area contributed by atoms with Crippen molar-refractivity contribution in [2.75, 3.05) is 11.9 Å². The van der Waals surface area contributed by atoms with Gasteiger partial charge in [-0.2, -0.15) is 13.2 Å². The number of hydrogen-bond acceptors (Lipinski definition) is 2. The Bertz CT molecular complexity index is 1020. The SMILES string of the molecule is CCc1cccc2c(C(=O)C(F)(F)F)cn(CC(=O)N(C)c3ccccc3)c12. The summed E-state index contributed by atoms with van der Waals surface area (Å²) in [6.07, 6.45) is -3.29. The zero-order valence-electron chi connectivity index (χ0n) is 15.5. The first-order chi connectivity index (χ1) is 13.2. The van der Waals surface area contributed by atoms with E-state index in [1.54, 1.807) is 43.4 Å². The number of amides is 1. The molecule has 0 bridgehead atoms. The summed E-state index contributed by atoms with van der Waals surface area (Å²) < 4.78 is 40.5. The Morgan fingerprint density at radius 3 is 2.32 bits per heavy atom. The molecule has 28 heavy (non-hydrogen) atoms. The first-order valence-electron chi connectivity index (χ1n) is 8.78. The van der Waals surface area contributed by atoms with E-state index in [1.807, 2.05) is 13.0 Å². The lowest BCUT2D eigenvalue weighted by molar-refractivity contribution is -0.118. The van der Waals surface area contributed by atoms with Gasteiger partial charge >= 0.3 is 6.18 Å². The lowest BCUT2D eigenvalue weighted by atomic mass is 10.0. The molecule has 0 N–H and O–H groups in total. The van der Waals surface area contributed by atoms with E-state index in [4.69, 9.17) is 0 Å². The molecule has 7 heteroatoms. The minimum absolute atomic E-state index is 0.177. The highest BCUT2D eigenvalue weighted by atomic mass is 19.4. The van der Waals surface area contributed by atoms with Crippen LogP contribution in [-0.4, -0.2) is 29.5 Å². The second-order valence-electron chi connectivity index (χ2n) is 6.45. The number of ketones is 1. The van der Waals surface area contributed by atoms with Gasteiger partial charge in [-0.25, -0.2) is 0 Å². The van der Waals surface area contributed by atoms with E-state index in [1.165, 1.54) is 15.5 Å². The van der Waals surface area contributed by atoms with Gasteiger partial charge in [0.1, 0.15) is 6.54 Å². The molecule has 0 spiro atoms. The maximum Gasteiger partial charge on any atom is 0.454 e. The van der Waals surface area contributed by atoms with Crippen molar-refractivity contribution in [2.24, 2.45) is 0 Å². The Morgan fingerprint density at radius 2 is 1.71 bits per heavy atom. The summed E-state index contributed by atoms with van der Waals surface area (Å²) in [5, 5.41) is 0.205. The van der Waals surface area contributed by atoms with Gasteiger partial charge in [0.2, 0.25) is 5.91 Å². The predicted octanol–water partition coefficient (Wildman–Crippen LogP) is 4.61. The van der Waals surface area contributed by atoms with Crippen molar-refractivity contribution in [1.29, 1.82) is 0 Å².